The van der Waals surface area contributed by atoms with Gasteiger partial charge in [0.1, 0.15) is 16.1 Å². The summed E-state index contributed by atoms with van der Waals surface area (Å²) in [5.74, 6) is -0.219. The van der Waals surface area contributed by atoms with E-state index in [2.05, 4.69) is 4.40 Å². The average molecular weight is 269 g/mol. The van der Waals surface area contributed by atoms with Crippen molar-refractivity contribution in [2.24, 2.45) is 16.2 Å². The van der Waals surface area contributed by atoms with Crippen molar-refractivity contribution in [3.05, 3.63) is 0 Å². The Balaban J connectivity index is 2.28. The van der Waals surface area contributed by atoms with Gasteiger partial charge in [0.25, 0.3) is 0 Å². The highest BCUT2D eigenvalue weighted by Gasteiger charge is 2.38. The number of halogens is 3. The lowest BCUT2D eigenvalue weighted by Crippen LogP contribution is -2.31. The van der Waals surface area contributed by atoms with Crippen molar-refractivity contribution in [2.75, 3.05) is 0 Å². The summed E-state index contributed by atoms with van der Waals surface area (Å²) >= 11 is -1.31. The molecule has 0 spiro atoms. The molecule has 0 aliphatic heterocycles. The molecule has 1 aliphatic rings. The highest BCUT2D eigenvalue weighted by Crippen LogP contribution is 2.40. The minimum absolute atomic E-state index is 0.0636. The van der Waals surface area contributed by atoms with Crippen LogP contribution >= 0.6 is 0 Å². The number of rotatable bonds is 3. The lowest BCUT2D eigenvalue weighted by molar-refractivity contribution is -0.151. The number of hydrogen-bond donors (Lipinski definition) is 0. The van der Waals surface area contributed by atoms with Gasteiger partial charge in [0, 0.05) is 6.42 Å². The third kappa shape index (κ3) is 5.29. The standard InChI is InChI=1S/C11H18F3NOS/c1-10(2,3)17(16)15-7-9-4-8(5-9)6-11(12,13)14/h7-9H,4-6H2,1-3H3. The summed E-state index contributed by atoms with van der Waals surface area (Å²) in [6, 6.07) is 0. The predicted octanol–water partition coefficient (Wildman–Crippen LogP) is 3.50. The molecule has 0 amide bonds. The van der Waals surface area contributed by atoms with Gasteiger partial charge in [-0.15, -0.1) is 0 Å². The van der Waals surface area contributed by atoms with Gasteiger partial charge in [-0.05, 0) is 45.4 Å². The Labute approximate surface area is 103 Å². The number of nitrogens with zero attached hydrogens (tertiary/aromatic N) is 1. The van der Waals surface area contributed by atoms with Gasteiger partial charge in [0.2, 0.25) is 0 Å². The van der Waals surface area contributed by atoms with Crippen LogP contribution in [0.25, 0.3) is 0 Å². The zero-order valence-corrected chi connectivity index (χ0v) is 11.1. The molecule has 1 aliphatic carbocycles. The first-order valence-corrected chi connectivity index (χ1v) is 6.71. The van der Waals surface area contributed by atoms with E-state index in [0.29, 0.717) is 12.8 Å². The van der Waals surface area contributed by atoms with Crippen molar-refractivity contribution in [2.45, 2.75) is 51.0 Å². The molecule has 0 saturated heterocycles. The Bertz CT molecular complexity index is 279. The van der Waals surface area contributed by atoms with Crippen LogP contribution in [0.4, 0.5) is 13.2 Å². The maximum absolute atomic E-state index is 12.0. The van der Waals surface area contributed by atoms with E-state index in [1.54, 1.807) is 6.21 Å². The topological polar surface area (TPSA) is 35.4 Å². The molecule has 1 unspecified atom stereocenters. The fourth-order valence-electron chi connectivity index (χ4n) is 1.70. The second-order valence-corrected chi connectivity index (χ2v) is 7.47. The van der Waals surface area contributed by atoms with E-state index >= 15 is 0 Å². The normalized spacial score (nSPS) is 28.2. The van der Waals surface area contributed by atoms with E-state index in [9.17, 15) is 17.7 Å². The molecule has 1 atom stereocenters. The van der Waals surface area contributed by atoms with Gasteiger partial charge in [0.15, 0.2) is 0 Å². The van der Waals surface area contributed by atoms with Gasteiger partial charge in [-0.25, -0.2) is 0 Å². The first kappa shape index (κ1) is 14.8. The molecule has 0 N–H and O–H groups in total. The molecule has 0 bridgehead atoms. The van der Waals surface area contributed by atoms with Crippen LogP contribution < -0.4 is 0 Å². The highest BCUT2D eigenvalue weighted by atomic mass is 32.2. The SMILES string of the molecule is CC(C)(C)[S+]([O-])N=CC1CC(CC(F)(F)F)C1. The van der Waals surface area contributed by atoms with E-state index in [0.717, 1.165) is 0 Å². The highest BCUT2D eigenvalue weighted by molar-refractivity contribution is 7.91. The Kier molecular flexibility index (Phi) is 4.52. The number of alkyl halides is 3. The zero-order chi connectivity index (χ0) is 13.3. The first-order valence-electron chi connectivity index (χ1n) is 5.61. The van der Waals surface area contributed by atoms with Crippen molar-refractivity contribution in [1.82, 2.24) is 0 Å². The van der Waals surface area contributed by atoms with Crippen molar-refractivity contribution >= 4 is 17.6 Å². The van der Waals surface area contributed by atoms with Crippen molar-refractivity contribution in [1.29, 1.82) is 0 Å². The van der Waals surface area contributed by atoms with Crippen LogP contribution in [0, 0.1) is 11.8 Å². The lowest BCUT2D eigenvalue weighted by atomic mass is 9.74. The third-order valence-corrected chi connectivity index (χ3v) is 4.04. The second kappa shape index (κ2) is 5.18. The van der Waals surface area contributed by atoms with Crippen molar-refractivity contribution in [3.8, 4) is 0 Å². The van der Waals surface area contributed by atoms with Crippen LogP contribution in [0.1, 0.15) is 40.0 Å². The fourth-order valence-corrected chi connectivity index (χ4v) is 2.30. The first-order chi connectivity index (χ1) is 7.58. The van der Waals surface area contributed by atoms with Gasteiger partial charge in [-0.2, -0.15) is 13.2 Å². The largest absolute Gasteiger partial charge is 0.591 e. The van der Waals surface area contributed by atoms with E-state index < -0.39 is 28.7 Å². The van der Waals surface area contributed by atoms with Crippen LogP contribution in [0.2, 0.25) is 0 Å². The molecule has 2 nitrogen and oxygen atoms in total. The van der Waals surface area contributed by atoms with Crippen LogP contribution in [0.3, 0.4) is 0 Å². The fraction of sp³-hybridized carbons (Fsp3) is 0.909. The molecule has 1 rings (SSSR count). The molecular formula is C11H18F3NOS. The molecule has 17 heavy (non-hydrogen) atoms. The van der Waals surface area contributed by atoms with Crippen molar-refractivity contribution in [3.63, 3.8) is 0 Å². The molecule has 0 aromatic carbocycles. The van der Waals surface area contributed by atoms with Crippen LogP contribution in [-0.4, -0.2) is 21.7 Å². The molecule has 0 heterocycles. The maximum atomic E-state index is 12.0. The monoisotopic (exact) mass is 269 g/mol. The third-order valence-electron chi connectivity index (χ3n) is 2.68. The minimum atomic E-state index is -4.07. The quantitative estimate of drug-likeness (QED) is 0.570. The summed E-state index contributed by atoms with van der Waals surface area (Å²) in [6.07, 6.45) is -2.20. The van der Waals surface area contributed by atoms with Gasteiger partial charge in [-0.1, -0.05) is 4.40 Å². The second-order valence-electron chi connectivity index (χ2n) is 5.53. The predicted molar refractivity (Wildman–Crippen MR) is 63.3 cm³/mol. The van der Waals surface area contributed by atoms with E-state index in [-0.39, 0.29) is 11.8 Å². The van der Waals surface area contributed by atoms with Gasteiger partial charge < -0.3 is 4.55 Å². The van der Waals surface area contributed by atoms with Crippen LogP contribution in [-0.2, 0) is 11.4 Å². The lowest BCUT2D eigenvalue weighted by Gasteiger charge is -2.33. The summed E-state index contributed by atoms with van der Waals surface area (Å²) in [6.45, 7) is 5.44. The van der Waals surface area contributed by atoms with Crippen LogP contribution in [0.5, 0.6) is 0 Å². The number of hydrogen-bond acceptors (Lipinski definition) is 2. The summed E-state index contributed by atoms with van der Waals surface area (Å²) in [7, 11) is 0. The van der Waals surface area contributed by atoms with E-state index in [4.69, 9.17) is 0 Å². The maximum Gasteiger partial charge on any atom is 0.389 e. The Hall–Kier alpha value is -0.230. The van der Waals surface area contributed by atoms with E-state index in [1.807, 2.05) is 20.8 Å². The molecule has 6 heteroatoms. The molecule has 0 aromatic rings. The van der Waals surface area contributed by atoms with E-state index in [1.165, 1.54) is 0 Å². The average Bonchev–Trinajstić information content (AvgIpc) is 2.04. The molecule has 0 aromatic heterocycles. The Morgan fingerprint density at radius 3 is 2.24 bits per heavy atom. The van der Waals surface area contributed by atoms with Gasteiger partial charge in [0.05, 0.1) is 6.21 Å². The summed E-state index contributed by atoms with van der Waals surface area (Å²) < 4.78 is 51.2. The Morgan fingerprint density at radius 1 is 1.29 bits per heavy atom. The summed E-state index contributed by atoms with van der Waals surface area (Å²) in [5.41, 5.74) is 0. The molecule has 1 saturated carbocycles. The van der Waals surface area contributed by atoms with Gasteiger partial charge in [-0.3, -0.25) is 0 Å². The van der Waals surface area contributed by atoms with Gasteiger partial charge >= 0.3 is 6.18 Å². The zero-order valence-electron chi connectivity index (χ0n) is 10.3. The Morgan fingerprint density at radius 2 is 1.82 bits per heavy atom. The van der Waals surface area contributed by atoms with Crippen molar-refractivity contribution < 1.29 is 17.7 Å². The van der Waals surface area contributed by atoms with Crippen LogP contribution in [0.15, 0.2) is 4.40 Å². The molecule has 1 fully saturated rings. The minimum Gasteiger partial charge on any atom is -0.591 e. The molecule has 100 valence electrons. The summed E-state index contributed by atoms with van der Waals surface area (Å²) in [5, 5.41) is 0. The molecular weight excluding hydrogens is 251 g/mol. The molecule has 0 radical (unpaired) electrons. The summed E-state index contributed by atoms with van der Waals surface area (Å²) in [4.78, 5) is 0. The smallest absolute Gasteiger partial charge is 0.389 e.